The minimum atomic E-state index is 0.228. The lowest BCUT2D eigenvalue weighted by Gasteiger charge is -2.37. The van der Waals surface area contributed by atoms with Crippen LogP contribution in [-0.4, -0.2) is 53.1 Å². The molecule has 2 aromatic rings. The number of pyridine rings is 1. The molecule has 122 valence electrons. The quantitative estimate of drug-likeness (QED) is 0.893. The second-order valence-corrected chi connectivity index (χ2v) is 6.56. The van der Waals surface area contributed by atoms with Crippen molar-refractivity contribution in [3.63, 3.8) is 0 Å². The van der Waals surface area contributed by atoms with Crippen molar-refractivity contribution in [2.45, 2.75) is 13.0 Å². The van der Waals surface area contributed by atoms with Gasteiger partial charge in [0.2, 0.25) is 17.1 Å². The number of aromatic nitrogens is 3. The number of nitrogen functional groups attached to an aromatic ring is 1. The molecular formula is C14H18N6O2S. The van der Waals surface area contributed by atoms with Gasteiger partial charge in [0.25, 0.3) is 5.88 Å². The van der Waals surface area contributed by atoms with Crippen LogP contribution in [0.25, 0.3) is 0 Å². The van der Waals surface area contributed by atoms with E-state index in [4.69, 9.17) is 15.2 Å². The molecule has 4 rings (SSSR count). The van der Waals surface area contributed by atoms with Crippen molar-refractivity contribution in [1.82, 2.24) is 20.1 Å². The topological polar surface area (TPSA) is 89.6 Å². The zero-order chi connectivity index (χ0) is 15.8. The Hall–Kier alpha value is -2.13. The minimum absolute atomic E-state index is 0.228. The van der Waals surface area contributed by atoms with Gasteiger partial charge in [-0.25, -0.2) is 4.98 Å². The van der Waals surface area contributed by atoms with Gasteiger partial charge in [0.1, 0.15) is 0 Å². The second kappa shape index (κ2) is 5.82. The van der Waals surface area contributed by atoms with Crippen molar-refractivity contribution in [3.8, 4) is 11.6 Å². The van der Waals surface area contributed by atoms with Gasteiger partial charge in [-0.05, 0) is 19.1 Å². The molecule has 0 saturated carbocycles. The monoisotopic (exact) mass is 334 g/mol. The molecule has 8 nitrogen and oxygen atoms in total. The first-order valence-electron chi connectivity index (χ1n) is 7.55. The summed E-state index contributed by atoms with van der Waals surface area (Å²) in [7, 11) is 0. The van der Waals surface area contributed by atoms with E-state index in [0.29, 0.717) is 11.0 Å². The van der Waals surface area contributed by atoms with Crippen LogP contribution in [0.2, 0.25) is 0 Å². The Kier molecular flexibility index (Phi) is 3.66. The van der Waals surface area contributed by atoms with Gasteiger partial charge in [0, 0.05) is 32.2 Å². The van der Waals surface area contributed by atoms with E-state index in [1.54, 1.807) is 0 Å². The van der Waals surface area contributed by atoms with Crippen LogP contribution in [0.3, 0.4) is 0 Å². The maximum absolute atomic E-state index is 5.66. The number of anilines is 2. The Bertz CT molecular complexity index is 700. The summed E-state index contributed by atoms with van der Waals surface area (Å²) >= 11 is 1.43. The average Bonchev–Trinajstić information content (AvgIpc) is 3.22. The number of nitrogens with zero attached hydrogens (tertiary/aromatic N) is 5. The van der Waals surface area contributed by atoms with Gasteiger partial charge in [0.05, 0.1) is 5.69 Å². The van der Waals surface area contributed by atoms with E-state index in [-0.39, 0.29) is 12.8 Å². The fourth-order valence-corrected chi connectivity index (χ4v) is 3.54. The van der Waals surface area contributed by atoms with Crippen molar-refractivity contribution >= 4 is 21.6 Å². The highest BCUT2D eigenvalue weighted by atomic mass is 32.1. The maximum atomic E-state index is 5.66. The molecule has 2 aliphatic heterocycles. The van der Waals surface area contributed by atoms with Crippen LogP contribution in [0, 0.1) is 0 Å². The van der Waals surface area contributed by atoms with Gasteiger partial charge in [0.15, 0.2) is 5.75 Å². The first kappa shape index (κ1) is 14.5. The first-order valence-corrected chi connectivity index (χ1v) is 8.37. The molecule has 1 unspecified atom stereocenters. The first-order chi connectivity index (χ1) is 11.2. The Balaban J connectivity index is 1.41. The van der Waals surface area contributed by atoms with Crippen LogP contribution in [0.1, 0.15) is 18.7 Å². The predicted octanol–water partition coefficient (Wildman–Crippen LogP) is 1.13. The zero-order valence-corrected chi connectivity index (χ0v) is 13.6. The normalized spacial score (nSPS) is 19.1. The fraction of sp³-hybridized carbons (Fsp3) is 0.500. The molecule has 2 N–H and O–H groups in total. The van der Waals surface area contributed by atoms with Crippen LogP contribution in [-0.2, 0) is 0 Å². The Morgan fingerprint density at radius 1 is 1.17 bits per heavy atom. The van der Waals surface area contributed by atoms with Crippen LogP contribution in [0.15, 0.2) is 12.1 Å². The predicted molar refractivity (Wildman–Crippen MR) is 86.9 cm³/mol. The summed E-state index contributed by atoms with van der Waals surface area (Å²) in [6, 6.07) is 4.17. The van der Waals surface area contributed by atoms with Gasteiger partial charge in [-0.3, -0.25) is 4.90 Å². The van der Waals surface area contributed by atoms with Gasteiger partial charge in [-0.2, -0.15) is 0 Å². The van der Waals surface area contributed by atoms with E-state index in [2.05, 4.69) is 31.9 Å². The molecule has 0 aromatic carbocycles. The summed E-state index contributed by atoms with van der Waals surface area (Å²) in [6.45, 7) is 6.12. The number of ether oxygens (including phenoxy) is 2. The SMILES string of the molecule is CC(c1ccc2c(n1)OCO2)N1CCN(c2nnc(N)s2)CC1. The van der Waals surface area contributed by atoms with E-state index < -0.39 is 0 Å². The number of piperazine rings is 1. The fourth-order valence-electron chi connectivity index (χ4n) is 2.88. The number of hydrogen-bond acceptors (Lipinski definition) is 9. The number of hydrogen-bond donors (Lipinski definition) is 1. The summed E-state index contributed by atoms with van der Waals surface area (Å²) in [4.78, 5) is 9.20. The molecule has 4 heterocycles. The summed E-state index contributed by atoms with van der Waals surface area (Å²) in [5, 5.41) is 9.41. The highest BCUT2D eigenvalue weighted by Crippen LogP contribution is 2.32. The highest BCUT2D eigenvalue weighted by Gasteiger charge is 2.26. The van der Waals surface area contributed by atoms with Gasteiger partial charge in [-0.1, -0.05) is 11.3 Å². The van der Waals surface area contributed by atoms with E-state index in [1.165, 1.54) is 11.3 Å². The standard InChI is InChI=1S/C14H18N6O2S/c1-9(10-2-3-11-12(16-10)22-8-21-11)19-4-6-20(7-5-19)14-18-17-13(15)23-14/h2-3,9H,4-8H2,1H3,(H2,15,17). The third kappa shape index (κ3) is 2.77. The summed E-state index contributed by atoms with van der Waals surface area (Å²) in [5.41, 5.74) is 6.66. The summed E-state index contributed by atoms with van der Waals surface area (Å²) < 4.78 is 10.7. The highest BCUT2D eigenvalue weighted by molar-refractivity contribution is 7.18. The average molecular weight is 334 g/mol. The van der Waals surface area contributed by atoms with Gasteiger partial charge in [-0.15, -0.1) is 10.2 Å². The van der Waals surface area contributed by atoms with Crippen LogP contribution in [0.4, 0.5) is 10.3 Å². The third-order valence-electron chi connectivity index (χ3n) is 4.25. The van der Waals surface area contributed by atoms with E-state index in [1.807, 2.05) is 12.1 Å². The molecule has 0 radical (unpaired) electrons. The van der Waals surface area contributed by atoms with Gasteiger partial charge >= 0.3 is 0 Å². The number of rotatable bonds is 3. The molecule has 9 heteroatoms. The zero-order valence-electron chi connectivity index (χ0n) is 12.8. The Labute approximate surface area is 137 Å². The molecule has 1 atom stereocenters. The van der Waals surface area contributed by atoms with Crippen molar-refractivity contribution < 1.29 is 9.47 Å². The van der Waals surface area contributed by atoms with E-state index in [0.717, 1.165) is 42.8 Å². The summed E-state index contributed by atoms with van der Waals surface area (Å²) in [5.74, 6) is 1.32. The van der Waals surface area contributed by atoms with Crippen LogP contribution in [0.5, 0.6) is 11.6 Å². The van der Waals surface area contributed by atoms with Crippen molar-refractivity contribution in [2.24, 2.45) is 0 Å². The molecule has 2 aliphatic rings. The van der Waals surface area contributed by atoms with Crippen molar-refractivity contribution in [2.75, 3.05) is 43.6 Å². The van der Waals surface area contributed by atoms with Gasteiger partial charge < -0.3 is 20.1 Å². The minimum Gasteiger partial charge on any atom is -0.452 e. The smallest absolute Gasteiger partial charge is 0.260 e. The Morgan fingerprint density at radius 2 is 2.00 bits per heavy atom. The van der Waals surface area contributed by atoms with Crippen molar-refractivity contribution in [3.05, 3.63) is 17.8 Å². The van der Waals surface area contributed by atoms with Crippen LogP contribution < -0.4 is 20.1 Å². The maximum Gasteiger partial charge on any atom is 0.260 e. The lowest BCUT2D eigenvalue weighted by molar-refractivity contribution is 0.169. The third-order valence-corrected chi connectivity index (χ3v) is 5.06. The molecule has 0 aliphatic carbocycles. The van der Waals surface area contributed by atoms with E-state index >= 15 is 0 Å². The molecule has 23 heavy (non-hydrogen) atoms. The molecule has 2 aromatic heterocycles. The summed E-state index contributed by atoms with van der Waals surface area (Å²) in [6.07, 6.45) is 0. The molecule has 1 fully saturated rings. The molecular weight excluding hydrogens is 316 g/mol. The number of fused-ring (bicyclic) bond motifs is 1. The lowest BCUT2D eigenvalue weighted by Crippen LogP contribution is -2.47. The lowest BCUT2D eigenvalue weighted by atomic mass is 10.1. The second-order valence-electron chi connectivity index (χ2n) is 5.57. The Morgan fingerprint density at radius 3 is 2.74 bits per heavy atom. The van der Waals surface area contributed by atoms with Crippen LogP contribution >= 0.6 is 11.3 Å². The molecule has 1 saturated heterocycles. The molecule has 0 bridgehead atoms. The molecule has 0 amide bonds. The number of nitrogens with two attached hydrogens (primary N) is 1. The van der Waals surface area contributed by atoms with Crippen molar-refractivity contribution in [1.29, 1.82) is 0 Å². The van der Waals surface area contributed by atoms with E-state index in [9.17, 15) is 0 Å². The molecule has 0 spiro atoms. The largest absolute Gasteiger partial charge is 0.452 e.